The van der Waals surface area contributed by atoms with Gasteiger partial charge in [0.25, 0.3) is 5.56 Å². The number of pyridine rings is 1. The third-order valence-corrected chi connectivity index (χ3v) is 6.49. The van der Waals surface area contributed by atoms with Gasteiger partial charge in [-0.25, -0.2) is 0 Å². The second-order valence-electron chi connectivity index (χ2n) is 7.84. The summed E-state index contributed by atoms with van der Waals surface area (Å²) in [6.07, 6.45) is 2.07. The Morgan fingerprint density at radius 3 is 2.52 bits per heavy atom. The van der Waals surface area contributed by atoms with Crippen LogP contribution in [0, 0.1) is 5.41 Å². The van der Waals surface area contributed by atoms with Crippen molar-refractivity contribution in [1.82, 2.24) is 9.38 Å². The van der Waals surface area contributed by atoms with Crippen molar-refractivity contribution in [3.63, 3.8) is 0 Å². The van der Waals surface area contributed by atoms with Gasteiger partial charge in [-0.3, -0.25) is 4.79 Å². The molecule has 118 valence electrons. The van der Waals surface area contributed by atoms with Gasteiger partial charge in [0, 0.05) is 28.3 Å². The first-order chi connectivity index (χ1) is 10.8. The molecule has 4 rings (SSSR count). The van der Waals surface area contributed by atoms with Crippen LogP contribution in [0.15, 0.2) is 41.3 Å². The Morgan fingerprint density at radius 1 is 1.09 bits per heavy atom. The zero-order chi connectivity index (χ0) is 16.6. The van der Waals surface area contributed by atoms with E-state index in [1.54, 1.807) is 0 Å². The van der Waals surface area contributed by atoms with E-state index in [9.17, 15) is 4.79 Å². The Labute approximate surface area is 136 Å². The van der Waals surface area contributed by atoms with Crippen molar-refractivity contribution in [2.75, 3.05) is 0 Å². The highest BCUT2D eigenvalue weighted by Gasteiger charge is 2.53. The van der Waals surface area contributed by atoms with Crippen molar-refractivity contribution in [2.45, 2.75) is 46.0 Å². The molecule has 0 saturated carbocycles. The van der Waals surface area contributed by atoms with Crippen LogP contribution in [0.2, 0.25) is 0 Å². The molecule has 3 heteroatoms. The SMILES string of the molecule is CC1c2c(n3ccc4ccccc4c3nc2=O)C(C)(C)C1(C)C. The van der Waals surface area contributed by atoms with Gasteiger partial charge in [-0.05, 0) is 22.8 Å². The minimum absolute atomic E-state index is 0.00308. The van der Waals surface area contributed by atoms with Crippen molar-refractivity contribution in [1.29, 1.82) is 0 Å². The van der Waals surface area contributed by atoms with Crippen LogP contribution in [-0.2, 0) is 5.41 Å². The van der Waals surface area contributed by atoms with Gasteiger partial charge < -0.3 is 4.40 Å². The van der Waals surface area contributed by atoms with Crippen molar-refractivity contribution >= 4 is 16.4 Å². The average molecular weight is 306 g/mol. The van der Waals surface area contributed by atoms with Crippen LogP contribution in [0.1, 0.15) is 51.8 Å². The zero-order valence-electron chi connectivity index (χ0n) is 14.3. The average Bonchev–Trinajstić information content (AvgIpc) is 2.65. The molecule has 0 bridgehead atoms. The maximum absolute atomic E-state index is 12.8. The topological polar surface area (TPSA) is 34.4 Å². The molecule has 2 heterocycles. The summed E-state index contributed by atoms with van der Waals surface area (Å²) in [5.41, 5.74) is 2.61. The number of rotatable bonds is 0. The summed E-state index contributed by atoms with van der Waals surface area (Å²) in [6.45, 7) is 11.2. The van der Waals surface area contributed by atoms with Crippen LogP contribution in [0.4, 0.5) is 0 Å². The summed E-state index contributed by atoms with van der Waals surface area (Å²) in [6, 6.07) is 10.2. The van der Waals surface area contributed by atoms with Gasteiger partial charge in [0.1, 0.15) is 5.65 Å². The number of fused-ring (bicyclic) bond motifs is 5. The van der Waals surface area contributed by atoms with Crippen LogP contribution in [-0.4, -0.2) is 9.38 Å². The van der Waals surface area contributed by atoms with Gasteiger partial charge in [-0.2, -0.15) is 4.98 Å². The number of nitrogens with zero attached hydrogens (tertiary/aromatic N) is 2. The molecule has 3 nitrogen and oxygen atoms in total. The standard InChI is InChI=1S/C20H22N2O/c1-12-15-16(20(4,5)19(12,2)3)22-11-10-13-8-6-7-9-14(13)17(22)21-18(15)23/h6-12H,1-5H3. The van der Waals surface area contributed by atoms with E-state index in [2.05, 4.69) is 62.3 Å². The Hall–Kier alpha value is -2.16. The predicted octanol–water partition coefficient (Wildman–Crippen LogP) is 4.27. The van der Waals surface area contributed by atoms with Gasteiger partial charge in [-0.1, -0.05) is 58.9 Å². The monoisotopic (exact) mass is 306 g/mol. The molecular formula is C20H22N2O. The molecule has 1 unspecified atom stereocenters. The molecular weight excluding hydrogens is 284 g/mol. The molecule has 3 aromatic rings. The second-order valence-corrected chi connectivity index (χ2v) is 7.84. The van der Waals surface area contributed by atoms with Crippen LogP contribution in [0.3, 0.4) is 0 Å². The van der Waals surface area contributed by atoms with Gasteiger partial charge in [-0.15, -0.1) is 0 Å². The molecule has 0 saturated heterocycles. The fourth-order valence-corrected chi connectivity index (χ4v) is 4.12. The molecule has 0 radical (unpaired) electrons. The lowest BCUT2D eigenvalue weighted by atomic mass is 9.66. The van der Waals surface area contributed by atoms with Gasteiger partial charge in [0.15, 0.2) is 0 Å². The van der Waals surface area contributed by atoms with Crippen LogP contribution >= 0.6 is 0 Å². The maximum atomic E-state index is 12.8. The van der Waals surface area contributed by atoms with Gasteiger partial charge in [0.05, 0.1) is 0 Å². The van der Waals surface area contributed by atoms with Crippen molar-refractivity contribution in [3.05, 3.63) is 58.1 Å². The fraction of sp³-hybridized carbons (Fsp3) is 0.400. The lowest BCUT2D eigenvalue weighted by Gasteiger charge is -2.38. The van der Waals surface area contributed by atoms with Crippen molar-refractivity contribution < 1.29 is 0 Å². The second kappa shape index (κ2) is 4.22. The van der Waals surface area contributed by atoms with E-state index in [1.165, 1.54) is 0 Å². The van der Waals surface area contributed by atoms with E-state index in [0.717, 1.165) is 27.7 Å². The molecule has 0 N–H and O–H groups in total. The summed E-state index contributed by atoms with van der Waals surface area (Å²) >= 11 is 0. The molecule has 1 aliphatic rings. The largest absolute Gasteiger partial charge is 0.304 e. The summed E-state index contributed by atoms with van der Waals surface area (Å²) in [4.78, 5) is 17.3. The van der Waals surface area contributed by atoms with E-state index < -0.39 is 0 Å². The maximum Gasteiger partial charge on any atom is 0.277 e. The van der Waals surface area contributed by atoms with E-state index in [-0.39, 0.29) is 22.3 Å². The summed E-state index contributed by atoms with van der Waals surface area (Å²) in [5, 5.41) is 2.14. The van der Waals surface area contributed by atoms with E-state index in [4.69, 9.17) is 0 Å². The Balaban J connectivity index is 2.25. The molecule has 0 fully saturated rings. The van der Waals surface area contributed by atoms with E-state index >= 15 is 0 Å². The summed E-state index contributed by atoms with van der Waals surface area (Å²) < 4.78 is 2.14. The van der Waals surface area contributed by atoms with E-state index in [1.807, 2.05) is 18.2 Å². The van der Waals surface area contributed by atoms with Crippen molar-refractivity contribution in [2.24, 2.45) is 5.41 Å². The highest BCUT2D eigenvalue weighted by atomic mass is 16.1. The first-order valence-electron chi connectivity index (χ1n) is 8.21. The first kappa shape index (κ1) is 14.4. The summed E-state index contributed by atoms with van der Waals surface area (Å²) in [5.74, 6) is 0.191. The molecule has 0 spiro atoms. The van der Waals surface area contributed by atoms with E-state index in [0.29, 0.717) is 0 Å². The number of hydrogen-bond donors (Lipinski definition) is 0. The minimum Gasteiger partial charge on any atom is -0.304 e. The molecule has 0 aliphatic heterocycles. The smallest absolute Gasteiger partial charge is 0.277 e. The molecule has 2 aromatic heterocycles. The Bertz CT molecular complexity index is 1010. The lowest BCUT2D eigenvalue weighted by molar-refractivity contribution is 0.186. The van der Waals surface area contributed by atoms with Crippen LogP contribution in [0.25, 0.3) is 16.4 Å². The molecule has 0 amide bonds. The van der Waals surface area contributed by atoms with Crippen molar-refractivity contribution in [3.8, 4) is 0 Å². The quantitative estimate of drug-likeness (QED) is 0.581. The summed E-state index contributed by atoms with van der Waals surface area (Å²) in [7, 11) is 0. The molecule has 1 aliphatic carbocycles. The number of hydrogen-bond acceptors (Lipinski definition) is 2. The Morgan fingerprint density at radius 2 is 1.78 bits per heavy atom. The van der Waals surface area contributed by atoms with Gasteiger partial charge in [0.2, 0.25) is 0 Å². The molecule has 23 heavy (non-hydrogen) atoms. The number of aromatic nitrogens is 2. The third kappa shape index (κ3) is 1.60. The Kier molecular flexibility index (Phi) is 2.65. The third-order valence-electron chi connectivity index (χ3n) is 6.49. The van der Waals surface area contributed by atoms with Gasteiger partial charge >= 0.3 is 0 Å². The normalized spacial score (nSPS) is 21.7. The van der Waals surface area contributed by atoms with Crippen LogP contribution in [0.5, 0.6) is 0 Å². The molecule has 1 atom stereocenters. The highest BCUT2D eigenvalue weighted by molar-refractivity contribution is 5.93. The minimum atomic E-state index is -0.102. The highest BCUT2D eigenvalue weighted by Crippen LogP contribution is 2.57. The fourth-order valence-electron chi connectivity index (χ4n) is 4.12. The molecule has 1 aromatic carbocycles. The number of benzene rings is 1. The van der Waals surface area contributed by atoms with Crippen LogP contribution < -0.4 is 5.56 Å². The predicted molar refractivity (Wildman–Crippen MR) is 94.2 cm³/mol. The first-order valence-corrected chi connectivity index (χ1v) is 8.21. The zero-order valence-corrected chi connectivity index (χ0v) is 14.3. The lowest BCUT2D eigenvalue weighted by Crippen LogP contribution is -2.35.